The Morgan fingerprint density at radius 2 is 1.84 bits per heavy atom. The van der Waals surface area contributed by atoms with Crippen molar-refractivity contribution in [2.24, 2.45) is 5.92 Å². The molecule has 3 atom stereocenters. The quantitative estimate of drug-likeness (QED) is 0.915. The first kappa shape index (κ1) is 16.3. The lowest BCUT2D eigenvalue weighted by Crippen LogP contribution is -2.59. The molecule has 1 aliphatic heterocycles. The number of aliphatic hydroxyl groups is 1. The van der Waals surface area contributed by atoms with Gasteiger partial charge in [-0.3, -0.25) is 9.78 Å². The molecule has 1 amide bonds. The van der Waals surface area contributed by atoms with Crippen molar-refractivity contribution in [1.82, 2.24) is 9.88 Å². The predicted octanol–water partition coefficient (Wildman–Crippen LogP) is 3.37. The maximum atomic E-state index is 13.0. The van der Waals surface area contributed by atoms with E-state index in [-0.39, 0.29) is 17.9 Å². The van der Waals surface area contributed by atoms with E-state index in [1.165, 1.54) is 0 Å². The van der Waals surface area contributed by atoms with Crippen LogP contribution in [0.25, 0.3) is 0 Å². The average Bonchev–Trinajstić information content (AvgIpc) is 2.69. The lowest BCUT2D eigenvalue weighted by molar-refractivity contribution is -0.110. The van der Waals surface area contributed by atoms with Crippen LogP contribution in [0.2, 0.25) is 0 Å². The SMILES string of the molecule is O=C(c1ccccn1)N1CC[C@@](O)(c2ccccc2)[C@@H]2CCCCC21. The highest BCUT2D eigenvalue weighted by atomic mass is 16.3. The lowest BCUT2D eigenvalue weighted by Gasteiger charge is -2.52. The number of pyridine rings is 1. The molecule has 4 rings (SSSR count). The van der Waals surface area contributed by atoms with Crippen molar-refractivity contribution in [3.8, 4) is 0 Å². The van der Waals surface area contributed by atoms with E-state index >= 15 is 0 Å². The topological polar surface area (TPSA) is 53.4 Å². The van der Waals surface area contributed by atoms with Crippen LogP contribution in [0, 0.1) is 5.92 Å². The number of carbonyl (C=O) groups is 1. The van der Waals surface area contributed by atoms with Crippen LogP contribution in [0.3, 0.4) is 0 Å². The molecule has 2 fully saturated rings. The normalized spacial score (nSPS) is 29.1. The fourth-order valence-corrected chi connectivity index (χ4v) is 4.66. The molecule has 1 aliphatic carbocycles. The summed E-state index contributed by atoms with van der Waals surface area (Å²) in [6.45, 7) is 0.571. The lowest BCUT2D eigenvalue weighted by atomic mass is 9.66. The fraction of sp³-hybridized carbons (Fsp3) is 0.429. The first-order chi connectivity index (χ1) is 12.2. The number of aromatic nitrogens is 1. The summed E-state index contributed by atoms with van der Waals surface area (Å²) in [5.41, 5.74) is 0.640. The van der Waals surface area contributed by atoms with E-state index < -0.39 is 5.60 Å². The van der Waals surface area contributed by atoms with Gasteiger partial charge in [0.1, 0.15) is 5.69 Å². The Bertz CT molecular complexity index is 734. The molecular formula is C21H24N2O2. The highest BCUT2D eigenvalue weighted by Crippen LogP contribution is 2.47. The Hall–Kier alpha value is -2.20. The molecule has 2 aliphatic rings. The molecule has 4 nitrogen and oxygen atoms in total. The zero-order valence-corrected chi connectivity index (χ0v) is 14.3. The van der Waals surface area contributed by atoms with E-state index in [1.807, 2.05) is 47.4 Å². The van der Waals surface area contributed by atoms with E-state index in [4.69, 9.17) is 0 Å². The van der Waals surface area contributed by atoms with Gasteiger partial charge in [0.05, 0.1) is 5.60 Å². The number of fused-ring (bicyclic) bond motifs is 1. The molecule has 1 saturated carbocycles. The van der Waals surface area contributed by atoms with Gasteiger partial charge in [-0.1, -0.05) is 49.2 Å². The van der Waals surface area contributed by atoms with Gasteiger partial charge in [-0.2, -0.15) is 0 Å². The van der Waals surface area contributed by atoms with E-state index in [0.29, 0.717) is 18.7 Å². The second-order valence-corrected chi connectivity index (χ2v) is 7.21. The first-order valence-corrected chi connectivity index (χ1v) is 9.20. The molecule has 130 valence electrons. The maximum Gasteiger partial charge on any atom is 0.272 e. The Morgan fingerprint density at radius 1 is 1.08 bits per heavy atom. The smallest absolute Gasteiger partial charge is 0.272 e. The van der Waals surface area contributed by atoms with Gasteiger partial charge in [-0.05, 0) is 37.0 Å². The van der Waals surface area contributed by atoms with Crippen molar-refractivity contribution in [1.29, 1.82) is 0 Å². The summed E-state index contributed by atoms with van der Waals surface area (Å²) in [4.78, 5) is 19.2. The molecule has 1 N–H and O–H groups in total. The first-order valence-electron chi connectivity index (χ1n) is 9.20. The summed E-state index contributed by atoms with van der Waals surface area (Å²) in [6.07, 6.45) is 6.38. The number of piperidine rings is 1. The monoisotopic (exact) mass is 336 g/mol. The number of nitrogens with zero attached hydrogens (tertiary/aromatic N) is 2. The number of rotatable bonds is 2. The summed E-state index contributed by atoms with van der Waals surface area (Å²) < 4.78 is 0. The second-order valence-electron chi connectivity index (χ2n) is 7.21. The Morgan fingerprint density at radius 3 is 2.60 bits per heavy atom. The van der Waals surface area contributed by atoms with Crippen molar-refractivity contribution in [3.63, 3.8) is 0 Å². The summed E-state index contributed by atoms with van der Waals surface area (Å²) in [6, 6.07) is 15.5. The van der Waals surface area contributed by atoms with Crippen molar-refractivity contribution in [2.75, 3.05) is 6.54 Å². The van der Waals surface area contributed by atoms with Crippen LogP contribution in [0.5, 0.6) is 0 Å². The minimum Gasteiger partial charge on any atom is -0.385 e. The van der Waals surface area contributed by atoms with Gasteiger partial charge < -0.3 is 10.0 Å². The fourth-order valence-electron chi connectivity index (χ4n) is 4.66. The van der Waals surface area contributed by atoms with Crippen molar-refractivity contribution in [3.05, 3.63) is 66.0 Å². The molecule has 1 aromatic carbocycles. The van der Waals surface area contributed by atoms with Gasteiger partial charge in [0.25, 0.3) is 5.91 Å². The van der Waals surface area contributed by atoms with E-state index in [9.17, 15) is 9.90 Å². The molecule has 0 spiro atoms. The Kier molecular flexibility index (Phi) is 4.30. The van der Waals surface area contributed by atoms with Crippen LogP contribution in [-0.2, 0) is 5.60 Å². The molecular weight excluding hydrogens is 312 g/mol. The zero-order chi connectivity index (χ0) is 17.3. The Balaban J connectivity index is 1.66. The van der Waals surface area contributed by atoms with Crippen LogP contribution in [-0.4, -0.2) is 33.5 Å². The van der Waals surface area contributed by atoms with Gasteiger partial charge in [0, 0.05) is 24.7 Å². The molecule has 1 unspecified atom stereocenters. The molecule has 25 heavy (non-hydrogen) atoms. The van der Waals surface area contributed by atoms with Gasteiger partial charge in [-0.15, -0.1) is 0 Å². The summed E-state index contributed by atoms with van der Waals surface area (Å²) in [5.74, 6) is 0.0812. The number of amides is 1. The molecule has 0 bridgehead atoms. The highest BCUT2D eigenvalue weighted by molar-refractivity contribution is 5.92. The van der Waals surface area contributed by atoms with Crippen LogP contribution >= 0.6 is 0 Å². The number of likely N-dealkylation sites (tertiary alicyclic amines) is 1. The number of carbonyl (C=O) groups excluding carboxylic acids is 1. The number of benzene rings is 1. The van der Waals surface area contributed by atoms with Crippen LogP contribution in [0.1, 0.15) is 48.2 Å². The Labute approximate surface area is 148 Å². The molecule has 2 aromatic rings. The van der Waals surface area contributed by atoms with Crippen LogP contribution in [0.4, 0.5) is 0 Å². The maximum absolute atomic E-state index is 13.0. The zero-order valence-electron chi connectivity index (χ0n) is 14.3. The van der Waals surface area contributed by atoms with Gasteiger partial charge in [0.2, 0.25) is 0 Å². The van der Waals surface area contributed by atoms with Crippen LogP contribution in [0.15, 0.2) is 54.7 Å². The second kappa shape index (κ2) is 6.60. The van der Waals surface area contributed by atoms with E-state index in [2.05, 4.69) is 4.98 Å². The predicted molar refractivity (Wildman–Crippen MR) is 96.0 cm³/mol. The highest BCUT2D eigenvalue weighted by Gasteiger charge is 2.50. The van der Waals surface area contributed by atoms with E-state index in [1.54, 1.807) is 12.3 Å². The molecule has 4 heteroatoms. The van der Waals surface area contributed by atoms with Gasteiger partial charge in [0.15, 0.2) is 0 Å². The third-order valence-electron chi connectivity index (χ3n) is 5.90. The largest absolute Gasteiger partial charge is 0.385 e. The molecule has 0 radical (unpaired) electrons. The van der Waals surface area contributed by atoms with Crippen LogP contribution < -0.4 is 0 Å². The molecule has 1 aromatic heterocycles. The van der Waals surface area contributed by atoms with Crippen molar-refractivity contribution < 1.29 is 9.90 Å². The number of hydrogen-bond acceptors (Lipinski definition) is 3. The van der Waals surface area contributed by atoms with Gasteiger partial charge >= 0.3 is 0 Å². The standard InChI is InChI=1S/C21H24N2O2/c24-20(18-11-6-7-14-22-18)23-15-13-21(25,16-8-2-1-3-9-16)17-10-4-5-12-19(17)23/h1-3,6-9,11,14,17,19,25H,4-5,10,12-13,15H2/t17-,19?,21-/m1/s1. The third kappa shape index (κ3) is 2.85. The average molecular weight is 336 g/mol. The third-order valence-corrected chi connectivity index (χ3v) is 5.90. The minimum absolute atomic E-state index is 0.00684. The summed E-state index contributed by atoms with van der Waals surface area (Å²) >= 11 is 0. The summed E-state index contributed by atoms with van der Waals surface area (Å²) in [5, 5.41) is 11.6. The molecule has 2 heterocycles. The van der Waals surface area contributed by atoms with Crippen molar-refractivity contribution in [2.45, 2.75) is 43.7 Å². The van der Waals surface area contributed by atoms with E-state index in [0.717, 1.165) is 31.2 Å². The summed E-state index contributed by atoms with van der Waals surface area (Å²) in [7, 11) is 0. The van der Waals surface area contributed by atoms with Crippen molar-refractivity contribution >= 4 is 5.91 Å². The minimum atomic E-state index is -0.840. The number of hydrogen-bond donors (Lipinski definition) is 1. The molecule has 1 saturated heterocycles. The van der Waals surface area contributed by atoms with Gasteiger partial charge in [-0.25, -0.2) is 0 Å².